The average Bonchev–Trinajstić information content (AvgIpc) is 2.85. The van der Waals surface area contributed by atoms with Crippen LogP contribution in [0.3, 0.4) is 0 Å². The first-order valence-electron chi connectivity index (χ1n) is 8.67. The van der Waals surface area contributed by atoms with E-state index in [0.717, 1.165) is 42.7 Å². The normalized spacial score (nSPS) is 26.7. The van der Waals surface area contributed by atoms with E-state index in [2.05, 4.69) is 31.4 Å². The van der Waals surface area contributed by atoms with E-state index in [9.17, 15) is 9.90 Å². The summed E-state index contributed by atoms with van der Waals surface area (Å²) in [7, 11) is 0. The van der Waals surface area contributed by atoms with Gasteiger partial charge in [0.05, 0.1) is 5.56 Å². The molecule has 5 heteroatoms. The molecule has 1 saturated carbocycles. The summed E-state index contributed by atoms with van der Waals surface area (Å²) < 4.78 is 3.01. The van der Waals surface area contributed by atoms with Crippen LogP contribution in [0.4, 0.5) is 0 Å². The van der Waals surface area contributed by atoms with Crippen LogP contribution in [0.15, 0.2) is 0 Å². The first-order valence-corrected chi connectivity index (χ1v) is 9.94. The second kappa shape index (κ2) is 6.77. The molecule has 0 unspecified atom stereocenters. The number of nitrogens with one attached hydrogen (secondary N) is 1. The topological polar surface area (TPSA) is 49.3 Å². The van der Waals surface area contributed by atoms with E-state index in [0.29, 0.717) is 17.4 Å². The van der Waals surface area contributed by atoms with Gasteiger partial charge in [-0.2, -0.15) is 0 Å². The minimum Gasteiger partial charge on any atom is -0.478 e. The molecule has 0 radical (unpaired) electrons. The van der Waals surface area contributed by atoms with Crippen molar-refractivity contribution in [2.75, 3.05) is 6.54 Å². The highest BCUT2D eigenvalue weighted by Crippen LogP contribution is 2.48. The van der Waals surface area contributed by atoms with Gasteiger partial charge < -0.3 is 5.11 Å². The number of carboxylic acid groups (broad SMARTS) is 1. The molecule has 0 saturated heterocycles. The molecule has 1 fully saturated rings. The molecule has 3 nitrogen and oxygen atoms in total. The molecule has 1 heterocycles. The average molecular weight is 354 g/mol. The Morgan fingerprint density at radius 2 is 2.13 bits per heavy atom. The Bertz CT molecular complexity index is 592. The fraction of sp³-hybridized carbons (Fsp3) is 0.722. The predicted octanol–water partition coefficient (Wildman–Crippen LogP) is 4.67. The van der Waals surface area contributed by atoms with E-state index in [1.165, 1.54) is 24.1 Å². The summed E-state index contributed by atoms with van der Waals surface area (Å²) in [6.45, 7) is 5.38. The van der Waals surface area contributed by atoms with Gasteiger partial charge in [-0.3, -0.25) is 4.72 Å². The van der Waals surface area contributed by atoms with Crippen LogP contribution in [-0.4, -0.2) is 17.6 Å². The summed E-state index contributed by atoms with van der Waals surface area (Å²) in [4.78, 5) is 14.5. The Kier molecular flexibility index (Phi) is 5.09. The standard InChI is InChI=1S/C18H27NO2S2/c1-18(2)8-7-14-13(9-18)15(17(20)21)16(23-14)12-6-4-3-5-11(12)10-19-22/h11-12,19,22H,3-10H2,1-2H3,(H,20,21)/t11-,12-/m1/s1. The van der Waals surface area contributed by atoms with Gasteiger partial charge >= 0.3 is 5.97 Å². The van der Waals surface area contributed by atoms with Gasteiger partial charge in [0.2, 0.25) is 0 Å². The van der Waals surface area contributed by atoms with E-state index in [1.807, 2.05) is 0 Å². The number of aryl methyl sites for hydroxylation is 1. The molecule has 0 aliphatic heterocycles. The Hall–Kier alpha value is -0.520. The van der Waals surface area contributed by atoms with Gasteiger partial charge in [0.15, 0.2) is 0 Å². The lowest BCUT2D eigenvalue weighted by atomic mass is 9.74. The molecular weight excluding hydrogens is 326 g/mol. The summed E-state index contributed by atoms with van der Waals surface area (Å²) >= 11 is 5.98. The lowest BCUT2D eigenvalue weighted by Crippen LogP contribution is -2.26. The third-order valence-electron chi connectivity index (χ3n) is 5.62. The predicted molar refractivity (Wildman–Crippen MR) is 98.8 cm³/mol. The zero-order chi connectivity index (χ0) is 16.6. The fourth-order valence-corrected chi connectivity index (χ4v) is 6.13. The SMILES string of the molecule is CC1(C)CCc2sc([C@@H]3CCCC[C@@H]3CNS)c(C(=O)O)c2C1. The van der Waals surface area contributed by atoms with E-state index in [1.54, 1.807) is 11.3 Å². The highest BCUT2D eigenvalue weighted by molar-refractivity contribution is 7.78. The monoisotopic (exact) mass is 353 g/mol. The number of hydrogen-bond donors (Lipinski definition) is 3. The summed E-state index contributed by atoms with van der Waals surface area (Å²) in [5, 5.41) is 9.90. The van der Waals surface area contributed by atoms with Crippen LogP contribution in [0.1, 0.15) is 77.5 Å². The summed E-state index contributed by atoms with van der Waals surface area (Å²) in [6.07, 6.45) is 7.84. The Morgan fingerprint density at radius 1 is 1.39 bits per heavy atom. The summed E-state index contributed by atoms with van der Waals surface area (Å²) in [5.74, 6) is 0.166. The molecule has 2 aliphatic carbocycles. The van der Waals surface area contributed by atoms with Crippen molar-refractivity contribution < 1.29 is 9.90 Å². The van der Waals surface area contributed by atoms with Crippen LogP contribution in [0.25, 0.3) is 0 Å². The van der Waals surface area contributed by atoms with Crippen LogP contribution < -0.4 is 4.72 Å². The highest BCUT2D eigenvalue weighted by atomic mass is 32.1. The van der Waals surface area contributed by atoms with Crippen molar-refractivity contribution in [2.24, 2.45) is 11.3 Å². The molecule has 2 atom stereocenters. The Labute approximate surface area is 148 Å². The van der Waals surface area contributed by atoms with E-state index >= 15 is 0 Å². The lowest BCUT2D eigenvalue weighted by molar-refractivity contribution is 0.0692. The second-order valence-electron chi connectivity index (χ2n) is 7.90. The van der Waals surface area contributed by atoms with Crippen LogP contribution >= 0.6 is 24.2 Å². The molecule has 0 bridgehead atoms. The third kappa shape index (κ3) is 3.47. The fourth-order valence-electron chi connectivity index (χ4n) is 4.35. The number of thiol groups is 1. The number of rotatable bonds is 4. The van der Waals surface area contributed by atoms with Gasteiger partial charge in [0.25, 0.3) is 0 Å². The van der Waals surface area contributed by atoms with Crippen LogP contribution in [0, 0.1) is 11.3 Å². The minimum atomic E-state index is -0.724. The van der Waals surface area contributed by atoms with Gasteiger partial charge in [-0.25, -0.2) is 4.79 Å². The molecule has 0 aromatic carbocycles. The van der Waals surface area contributed by atoms with Gasteiger partial charge in [0, 0.05) is 16.3 Å². The molecule has 23 heavy (non-hydrogen) atoms. The van der Waals surface area contributed by atoms with Gasteiger partial charge in [-0.1, -0.05) is 39.5 Å². The van der Waals surface area contributed by atoms with Gasteiger partial charge in [-0.05, 0) is 54.9 Å². The molecule has 1 aromatic heterocycles. The minimum absolute atomic E-state index is 0.216. The largest absolute Gasteiger partial charge is 0.478 e. The first kappa shape index (κ1) is 17.3. The number of carboxylic acids is 1. The quantitative estimate of drug-likeness (QED) is 0.690. The molecule has 128 valence electrons. The molecule has 3 rings (SSSR count). The van der Waals surface area contributed by atoms with Crippen molar-refractivity contribution in [3.63, 3.8) is 0 Å². The summed E-state index contributed by atoms with van der Waals surface area (Å²) in [5.41, 5.74) is 2.00. The maximum Gasteiger partial charge on any atom is 0.337 e. The highest BCUT2D eigenvalue weighted by Gasteiger charge is 2.37. The molecule has 0 amide bonds. The van der Waals surface area contributed by atoms with Gasteiger partial charge in [-0.15, -0.1) is 11.3 Å². The smallest absolute Gasteiger partial charge is 0.337 e. The second-order valence-corrected chi connectivity index (χ2v) is 9.36. The number of aromatic carboxylic acids is 1. The van der Waals surface area contributed by atoms with Crippen molar-refractivity contribution in [3.8, 4) is 0 Å². The first-order chi connectivity index (χ1) is 10.9. The number of fused-ring (bicyclic) bond motifs is 1. The van der Waals surface area contributed by atoms with Crippen molar-refractivity contribution in [2.45, 2.75) is 64.7 Å². The summed E-state index contributed by atoms with van der Waals surface area (Å²) in [6, 6.07) is 0. The zero-order valence-electron chi connectivity index (χ0n) is 14.0. The molecule has 0 spiro atoms. The van der Waals surface area contributed by atoms with E-state index in [-0.39, 0.29) is 5.41 Å². The molecular formula is C18H27NO2S2. The van der Waals surface area contributed by atoms with Crippen molar-refractivity contribution in [1.29, 1.82) is 0 Å². The molecule has 2 aliphatic rings. The lowest BCUT2D eigenvalue weighted by Gasteiger charge is -2.31. The Morgan fingerprint density at radius 3 is 2.83 bits per heavy atom. The molecule has 1 aromatic rings. The third-order valence-corrected chi connectivity index (χ3v) is 7.22. The number of thiophene rings is 1. The number of carbonyl (C=O) groups is 1. The van der Waals surface area contributed by atoms with Crippen LogP contribution in [0.2, 0.25) is 0 Å². The van der Waals surface area contributed by atoms with E-state index < -0.39 is 5.97 Å². The Balaban J connectivity index is 2.02. The van der Waals surface area contributed by atoms with Crippen molar-refractivity contribution >= 4 is 30.1 Å². The van der Waals surface area contributed by atoms with Gasteiger partial charge in [0.1, 0.15) is 0 Å². The maximum atomic E-state index is 12.0. The van der Waals surface area contributed by atoms with Crippen LogP contribution in [0.5, 0.6) is 0 Å². The molecule has 2 N–H and O–H groups in total. The maximum absolute atomic E-state index is 12.0. The van der Waals surface area contributed by atoms with Crippen LogP contribution in [-0.2, 0) is 12.8 Å². The number of hydrogen-bond acceptors (Lipinski definition) is 4. The van der Waals surface area contributed by atoms with Crippen molar-refractivity contribution in [1.82, 2.24) is 4.72 Å². The van der Waals surface area contributed by atoms with E-state index in [4.69, 9.17) is 0 Å². The van der Waals surface area contributed by atoms with Crippen molar-refractivity contribution in [3.05, 3.63) is 20.9 Å². The zero-order valence-corrected chi connectivity index (χ0v) is 15.7.